The number of benzene rings is 1. The predicted molar refractivity (Wildman–Crippen MR) is 73.3 cm³/mol. The average Bonchev–Trinajstić information content (AvgIpc) is 2.37. The smallest absolute Gasteiger partial charge is 0.130 e. The van der Waals surface area contributed by atoms with Gasteiger partial charge >= 0.3 is 0 Å². The Morgan fingerprint density at radius 1 is 1.28 bits per heavy atom. The van der Waals surface area contributed by atoms with Crippen LogP contribution in [0.3, 0.4) is 0 Å². The van der Waals surface area contributed by atoms with Gasteiger partial charge in [-0.3, -0.25) is 0 Å². The van der Waals surface area contributed by atoms with E-state index in [1.54, 1.807) is 13.0 Å². The second kappa shape index (κ2) is 8.22. The van der Waals surface area contributed by atoms with Crippen LogP contribution in [-0.2, 0) is 4.74 Å². The molecule has 0 fully saturated rings. The van der Waals surface area contributed by atoms with E-state index < -0.39 is 0 Å². The van der Waals surface area contributed by atoms with E-state index >= 15 is 0 Å². The van der Waals surface area contributed by atoms with E-state index in [1.807, 2.05) is 12.1 Å². The summed E-state index contributed by atoms with van der Waals surface area (Å²) in [6, 6.07) is 5.47. The second-order valence-electron chi connectivity index (χ2n) is 4.56. The van der Waals surface area contributed by atoms with Crippen LogP contribution >= 0.6 is 0 Å². The Hall–Kier alpha value is -0.930. The van der Waals surface area contributed by atoms with Crippen molar-refractivity contribution in [2.75, 3.05) is 19.8 Å². The number of nitrogens with one attached hydrogen (secondary N) is 1. The van der Waals surface area contributed by atoms with Gasteiger partial charge in [-0.15, -0.1) is 0 Å². The van der Waals surface area contributed by atoms with Crippen LogP contribution in [0.5, 0.6) is 0 Å². The lowest BCUT2D eigenvalue weighted by Crippen LogP contribution is -2.27. The first-order valence-electron chi connectivity index (χ1n) is 6.76. The Morgan fingerprint density at radius 3 is 2.72 bits per heavy atom. The second-order valence-corrected chi connectivity index (χ2v) is 4.56. The molecule has 0 bridgehead atoms. The van der Waals surface area contributed by atoms with Gasteiger partial charge < -0.3 is 10.1 Å². The van der Waals surface area contributed by atoms with E-state index in [9.17, 15) is 4.39 Å². The molecule has 1 unspecified atom stereocenters. The molecule has 1 aromatic carbocycles. The number of aryl methyl sites for hydroxylation is 1. The molecule has 1 atom stereocenters. The van der Waals surface area contributed by atoms with Crippen LogP contribution in [0.1, 0.15) is 43.9 Å². The summed E-state index contributed by atoms with van der Waals surface area (Å²) in [5, 5.41) is 3.35. The lowest BCUT2D eigenvalue weighted by Gasteiger charge is -2.20. The molecule has 0 amide bonds. The fourth-order valence-electron chi connectivity index (χ4n) is 1.86. The molecule has 1 rings (SSSR count). The molecule has 0 saturated carbocycles. The van der Waals surface area contributed by atoms with E-state index in [4.69, 9.17) is 4.74 Å². The van der Waals surface area contributed by atoms with Crippen LogP contribution in [0.4, 0.5) is 4.39 Å². The van der Waals surface area contributed by atoms with Crippen molar-refractivity contribution in [1.29, 1.82) is 0 Å². The number of rotatable bonds is 8. The van der Waals surface area contributed by atoms with E-state index in [0.29, 0.717) is 17.7 Å². The molecule has 0 aliphatic carbocycles. The third-order valence-electron chi connectivity index (χ3n) is 2.87. The van der Waals surface area contributed by atoms with Crippen LogP contribution in [0.2, 0.25) is 0 Å². The highest BCUT2D eigenvalue weighted by Gasteiger charge is 2.16. The van der Waals surface area contributed by atoms with Gasteiger partial charge in [-0.05, 0) is 31.9 Å². The summed E-state index contributed by atoms with van der Waals surface area (Å²) in [6.07, 6.45) is 2.01. The predicted octanol–water partition coefficient (Wildman–Crippen LogP) is 3.60. The minimum absolute atomic E-state index is 0.0589. The van der Waals surface area contributed by atoms with Gasteiger partial charge in [0.25, 0.3) is 0 Å². The lowest BCUT2D eigenvalue weighted by atomic mass is 10.0. The summed E-state index contributed by atoms with van der Waals surface area (Å²) in [5.74, 6) is -0.119. The Kier molecular flexibility index (Phi) is 6.91. The van der Waals surface area contributed by atoms with E-state index in [0.717, 1.165) is 26.0 Å². The quantitative estimate of drug-likeness (QED) is 0.715. The van der Waals surface area contributed by atoms with Crippen molar-refractivity contribution in [3.8, 4) is 0 Å². The highest BCUT2D eigenvalue weighted by molar-refractivity contribution is 5.27. The molecule has 0 radical (unpaired) electrons. The van der Waals surface area contributed by atoms with Gasteiger partial charge in [-0.25, -0.2) is 4.39 Å². The SMILES string of the molecule is CCCNC(COCCC)c1cccc(C)c1F. The van der Waals surface area contributed by atoms with Crippen molar-refractivity contribution in [3.63, 3.8) is 0 Å². The Morgan fingerprint density at radius 2 is 2.06 bits per heavy atom. The summed E-state index contributed by atoms with van der Waals surface area (Å²) in [7, 11) is 0. The van der Waals surface area contributed by atoms with Gasteiger partial charge in [-0.1, -0.05) is 32.0 Å². The van der Waals surface area contributed by atoms with Gasteiger partial charge in [-0.2, -0.15) is 0 Å². The van der Waals surface area contributed by atoms with Crippen molar-refractivity contribution in [2.24, 2.45) is 0 Å². The fraction of sp³-hybridized carbons (Fsp3) is 0.600. The molecular weight excluding hydrogens is 229 g/mol. The number of ether oxygens (including phenoxy) is 1. The first kappa shape index (κ1) is 15.1. The highest BCUT2D eigenvalue weighted by Crippen LogP contribution is 2.20. The zero-order valence-corrected chi connectivity index (χ0v) is 11.6. The lowest BCUT2D eigenvalue weighted by molar-refractivity contribution is 0.111. The summed E-state index contributed by atoms with van der Waals surface area (Å²) in [5.41, 5.74) is 1.39. The van der Waals surface area contributed by atoms with E-state index in [1.165, 1.54) is 0 Å². The van der Waals surface area contributed by atoms with Gasteiger partial charge in [0.05, 0.1) is 12.6 Å². The van der Waals surface area contributed by atoms with Gasteiger partial charge in [0.2, 0.25) is 0 Å². The topological polar surface area (TPSA) is 21.3 Å². The summed E-state index contributed by atoms with van der Waals surface area (Å²) in [4.78, 5) is 0. The zero-order valence-electron chi connectivity index (χ0n) is 11.6. The molecule has 0 saturated heterocycles. The third kappa shape index (κ3) is 4.39. The summed E-state index contributed by atoms with van der Waals surface area (Å²) >= 11 is 0. The maximum absolute atomic E-state index is 14.1. The Bertz CT molecular complexity index is 354. The molecule has 0 heterocycles. The zero-order chi connectivity index (χ0) is 13.4. The Labute approximate surface area is 110 Å². The molecule has 0 aliphatic heterocycles. The van der Waals surface area contributed by atoms with E-state index in [2.05, 4.69) is 19.2 Å². The molecule has 18 heavy (non-hydrogen) atoms. The van der Waals surface area contributed by atoms with Crippen LogP contribution < -0.4 is 5.32 Å². The van der Waals surface area contributed by atoms with E-state index in [-0.39, 0.29) is 11.9 Å². The molecule has 3 heteroatoms. The molecule has 2 nitrogen and oxygen atoms in total. The van der Waals surface area contributed by atoms with Crippen LogP contribution in [0, 0.1) is 12.7 Å². The van der Waals surface area contributed by atoms with Crippen molar-refractivity contribution in [2.45, 2.75) is 39.7 Å². The van der Waals surface area contributed by atoms with Gasteiger partial charge in [0.1, 0.15) is 5.82 Å². The van der Waals surface area contributed by atoms with Crippen LogP contribution in [0.25, 0.3) is 0 Å². The third-order valence-corrected chi connectivity index (χ3v) is 2.87. The number of hydrogen-bond donors (Lipinski definition) is 1. The maximum Gasteiger partial charge on any atom is 0.130 e. The van der Waals surface area contributed by atoms with Crippen molar-refractivity contribution >= 4 is 0 Å². The molecule has 1 N–H and O–H groups in total. The highest BCUT2D eigenvalue weighted by atomic mass is 19.1. The molecule has 0 aliphatic rings. The molecule has 1 aromatic rings. The van der Waals surface area contributed by atoms with Gasteiger partial charge in [0.15, 0.2) is 0 Å². The Balaban J connectivity index is 2.76. The first-order valence-corrected chi connectivity index (χ1v) is 6.76. The number of hydrogen-bond acceptors (Lipinski definition) is 2. The summed E-state index contributed by atoms with van der Waals surface area (Å²) in [6.45, 7) is 8.08. The van der Waals surface area contributed by atoms with Crippen molar-refractivity contribution in [3.05, 3.63) is 35.1 Å². The normalized spacial score (nSPS) is 12.7. The molecule has 102 valence electrons. The van der Waals surface area contributed by atoms with Crippen LogP contribution in [0.15, 0.2) is 18.2 Å². The minimum atomic E-state index is -0.119. The van der Waals surface area contributed by atoms with Gasteiger partial charge in [0, 0.05) is 12.2 Å². The molecule has 0 aromatic heterocycles. The van der Waals surface area contributed by atoms with Crippen LogP contribution in [-0.4, -0.2) is 19.8 Å². The maximum atomic E-state index is 14.1. The first-order chi connectivity index (χ1) is 8.70. The average molecular weight is 253 g/mol. The van der Waals surface area contributed by atoms with Crippen molar-refractivity contribution in [1.82, 2.24) is 5.32 Å². The summed E-state index contributed by atoms with van der Waals surface area (Å²) < 4.78 is 19.7. The molecule has 0 spiro atoms. The molecular formula is C15H24FNO. The largest absolute Gasteiger partial charge is 0.379 e. The number of halogens is 1. The fourth-order valence-corrected chi connectivity index (χ4v) is 1.86. The monoisotopic (exact) mass is 253 g/mol. The minimum Gasteiger partial charge on any atom is -0.379 e. The standard InChI is InChI=1S/C15H24FNO/c1-4-9-17-14(11-18-10-5-2)13-8-6-7-12(3)15(13)16/h6-8,14,17H,4-5,9-11H2,1-3H3. The van der Waals surface area contributed by atoms with Crippen molar-refractivity contribution < 1.29 is 9.13 Å².